The van der Waals surface area contributed by atoms with E-state index in [-0.39, 0.29) is 12.6 Å². The van der Waals surface area contributed by atoms with Gasteiger partial charge in [-0.15, -0.1) is 0 Å². The van der Waals surface area contributed by atoms with Crippen LogP contribution in [0.3, 0.4) is 0 Å². The Hall–Kier alpha value is -0.570. The lowest BCUT2D eigenvalue weighted by Gasteiger charge is -2.27. The molecule has 1 N–H and O–H groups in total. The van der Waals surface area contributed by atoms with Gasteiger partial charge in [0.25, 0.3) is 0 Å². The minimum Gasteiger partial charge on any atom is -0.462 e. The Bertz CT molecular complexity index is 205. The first-order valence-electron chi connectivity index (χ1n) is 5.65. The molecule has 0 rings (SSSR count). The Morgan fingerprint density at radius 3 is 2.13 bits per heavy atom. The van der Waals surface area contributed by atoms with E-state index in [1.165, 1.54) is 0 Å². The van der Waals surface area contributed by atoms with Gasteiger partial charge in [-0.3, -0.25) is 4.79 Å². The van der Waals surface area contributed by atoms with Crippen molar-refractivity contribution >= 4 is 5.97 Å². The third-order valence-electron chi connectivity index (χ3n) is 2.46. The summed E-state index contributed by atoms with van der Waals surface area (Å²) in [4.78, 5) is 11.5. The van der Waals surface area contributed by atoms with Crippen molar-refractivity contribution in [1.29, 1.82) is 0 Å². The minimum absolute atomic E-state index is 0.105. The van der Waals surface area contributed by atoms with Crippen molar-refractivity contribution < 1.29 is 14.6 Å². The van der Waals surface area contributed by atoms with E-state index in [0.717, 1.165) is 6.42 Å². The van der Waals surface area contributed by atoms with Crippen LogP contribution in [0.4, 0.5) is 0 Å². The van der Waals surface area contributed by atoms with Crippen molar-refractivity contribution in [2.75, 3.05) is 6.61 Å². The third kappa shape index (κ3) is 5.17. The smallest absolute Gasteiger partial charge is 0.311 e. The summed E-state index contributed by atoms with van der Waals surface area (Å²) < 4.78 is 5.13. The lowest BCUT2D eigenvalue weighted by molar-refractivity contribution is -0.161. The second-order valence-corrected chi connectivity index (χ2v) is 5.15. The Balaban J connectivity index is 4.18. The molecule has 3 heteroatoms. The molecule has 0 spiro atoms. The molecule has 0 fully saturated rings. The predicted molar refractivity (Wildman–Crippen MR) is 60.6 cm³/mol. The van der Waals surface area contributed by atoms with E-state index >= 15 is 0 Å². The van der Waals surface area contributed by atoms with Gasteiger partial charge in [-0.2, -0.15) is 0 Å². The summed E-state index contributed by atoms with van der Waals surface area (Å²) in [6, 6.07) is 0. The quantitative estimate of drug-likeness (QED) is 0.718. The molecule has 0 saturated heterocycles. The van der Waals surface area contributed by atoms with Gasteiger partial charge in [0, 0.05) is 0 Å². The van der Waals surface area contributed by atoms with E-state index in [0.29, 0.717) is 12.8 Å². The zero-order chi connectivity index (χ0) is 12.1. The molecule has 0 amide bonds. The van der Waals surface area contributed by atoms with E-state index in [9.17, 15) is 9.90 Å². The molecular formula is C12H24O3. The average Bonchev–Trinajstić information content (AvgIpc) is 2.13. The first-order valence-corrected chi connectivity index (χ1v) is 5.65. The Kier molecular flexibility index (Phi) is 5.29. The van der Waals surface area contributed by atoms with Gasteiger partial charge in [-0.1, -0.05) is 20.3 Å². The van der Waals surface area contributed by atoms with Crippen molar-refractivity contribution in [3.63, 3.8) is 0 Å². The van der Waals surface area contributed by atoms with E-state index in [4.69, 9.17) is 4.74 Å². The monoisotopic (exact) mass is 216 g/mol. The molecule has 3 nitrogen and oxygen atoms in total. The van der Waals surface area contributed by atoms with E-state index in [1.807, 2.05) is 13.8 Å². The molecule has 90 valence electrons. The molecule has 0 aliphatic rings. The van der Waals surface area contributed by atoms with Gasteiger partial charge in [0.1, 0.15) is 6.61 Å². The molecule has 0 bridgehead atoms. The Labute approximate surface area is 92.8 Å². The number of hydrogen-bond donors (Lipinski definition) is 1. The van der Waals surface area contributed by atoms with Crippen LogP contribution in [0, 0.1) is 5.41 Å². The highest BCUT2D eigenvalue weighted by molar-refractivity contribution is 5.75. The Morgan fingerprint density at radius 2 is 1.80 bits per heavy atom. The van der Waals surface area contributed by atoms with Gasteiger partial charge in [0.15, 0.2) is 0 Å². The number of hydrogen-bond acceptors (Lipinski definition) is 3. The molecule has 15 heavy (non-hydrogen) atoms. The molecule has 0 aliphatic carbocycles. The molecule has 0 aliphatic heterocycles. The zero-order valence-electron chi connectivity index (χ0n) is 10.6. The number of carbonyl (C=O) groups excluding carboxylic acids is 1. The first-order chi connectivity index (χ1) is 6.75. The lowest BCUT2D eigenvalue weighted by atomic mass is 9.95. The van der Waals surface area contributed by atoms with Crippen molar-refractivity contribution in [2.45, 2.75) is 59.5 Å². The molecule has 0 aromatic carbocycles. The van der Waals surface area contributed by atoms with Gasteiger partial charge < -0.3 is 9.84 Å². The molecule has 0 saturated carbocycles. The summed E-state index contributed by atoms with van der Waals surface area (Å²) in [5.41, 5.74) is -1.35. The van der Waals surface area contributed by atoms with E-state index in [1.54, 1.807) is 20.8 Å². The maximum atomic E-state index is 11.5. The standard InChI is InChI=1S/C12H24O3/c1-6-8-12(14,7-2)9-15-10(13)11(3,4)5/h14H,6-9H2,1-5H3/t12-/m0/s1. The number of esters is 1. The topological polar surface area (TPSA) is 46.5 Å². The SMILES string of the molecule is CCC[C@@](O)(CC)COC(=O)C(C)(C)C. The van der Waals surface area contributed by atoms with Crippen molar-refractivity contribution in [1.82, 2.24) is 0 Å². The summed E-state index contributed by atoms with van der Waals surface area (Å²) in [5.74, 6) is -0.259. The van der Waals surface area contributed by atoms with Crippen LogP contribution in [-0.4, -0.2) is 23.3 Å². The van der Waals surface area contributed by atoms with Crippen LogP contribution in [0.2, 0.25) is 0 Å². The maximum Gasteiger partial charge on any atom is 0.311 e. The van der Waals surface area contributed by atoms with Crippen LogP contribution in [0.5, 0.6) is 0 Å². The summed E-state index contributed by atoms with van der Waals surface area (Å²) >= 11 is 0. The fourth-order valence-electron chi connectivity index (χ4n) is 1.23. The second-order valence-electron chi connectivity index (χ2n) is 5.15. The zero-order valence-corrected chi connectivity index (χ0v) is 10.6. The molecule has 1 atom stereocenters. The van der Waals surface area contributed by atoms with Crippen molar-refractivity contribution in [3.8, 4) is 0 Å². The van der Waals surface area contributed by atoms with Crippen LogP contribution in [0.1, 0.15) is 53.9 Å². The molecular weight excluding hydrogens is 192 g/mol. The first kappa shape index (κ1) is 14.4. The van der Waals surface area contributed by atoms with Crippen LogP contribution in [0.15, 0.2) is 0 Å². The van der Waals surface area contributed by atoms with Crippen LogP contribution < -0.4 is 0 Å². The van der Waals surface area contributed by atoms with Gasteiger partial charge in [-0.25, -0.2) is 0 Å². The fourth-order valence-corrected chi connectivity index (χ4v) is 1.23. The number of rotatable bonds is 5. The van der Waals surface area contributed by atoms with Crippen LogP contribution >= 0.6 is 0 Å². The number of aliphatic hydroxyl groups is 1. The van der Waals surface area contributed by atoms with Crippen molar-refractivity contribution in [2.24, 2.45) is 5.41 Å². The third-order valence-corrected chi connectivity index (χ3v) is 2.46. The molecule has 0 aromatic heterocycles. The highest BCUT2D eigenvalue weighted by Gasteiger charge is 2.29. The number of ether oxygens (including phenoxy) is 1. The molecule has 0 heterocycles. The summed E-state index contributed by atoms with van der Waals surface area (Å²) in [6.07, 6.45) is 2.16. The van der Waals surface area contributed by atoms with Crippen LogP contribution in [0.25, 0.3) is 0 Å². The summed E-state index contributed by atoms with van der Waals surface area (Å²) in [5, 5.41) is 10.1. The summed E-state index contributed by atoms with van der Waals surface area (Å²) in [6.45, 7) is 9.43. The molecule has 0 aromatic rings. The fraction of sp³-hybridized carbons (Fsp3) is 0.917. The summed E-state index contributed by atoms with van der Waals surface area (Å²) in [7, 11) is 0. The Morgan fingerprint density at radius 1 is 1.27 bits per heavy atom. The maximum absolute atomic E-state index is 11.5. The minimum atomic E-state index is -0.852. The average molecular weight is 216 g/mol. The normalized spacial score (nSPS) is 15.9. The second kappa shape index (κ2) is 5.50. The van der Waals surface area contributed by atoms with Crippen LogP contribution in [-0.2, 0) is 9.53 Å². The van der Waals surface area contributed by atoms with Crippen molar-refractivity contribution in [3.05, 3.63) is 0 Å². The predicted octanol–water partition coefficient (Wildman–Crippen LogP) is 2.52. The van der Waals surface area contributed by atoms with Gasteiger partial charge in [0.05, 0.1) is 11.0 Å². The van der Waals surface area contributed by atoms with Gasteiger partial charge in [-0.05, 0) is 33.6 Å². The highest BCUT2D eigenvalue weighted by atomic mass is 16.5. The van der Waals surface area contributed by atoms with E-state index in [2.05, 4.69) is 0 Å². The molecule has 0 radical (unpaired) electrons. The molecule has 0 unspecified atom stereocenters. The van der Waals surface area contributed by atoms with E-state index < -0.39 is 11.0 Å². The van der Waals surface area contributed by atoms with Gasteiger partial charge >= 0.3 is 5.97 Å². The lowest BCUT2D eigenvalue weighted by Crippen LogP contribution is -2.36. The largest absolute Gasteiger partial charge is 0.462 e. The van der Waals surface area contributed by atoms with Gasteiger partial charge in [0.2, 0.25) is 0 Å². The highest BCUT2D eigenvalue weighted by Crippen LogP contribution is 2.21. The number of carbonyl (C=O) groups is 1.